The molecule has 0 unspecified atom stereocenters. The number of hydrogen-bond donors (Lipinski definition) is 0. The predicted octanol–water partition coefficient (Wildman–Crippen LogP) is 4.31. The number of nitrogens with zero attached hydrogens (tertiary/aromatic N) is 3. The van der Waals surface area contributed by atoms with Gasteiger partial charge < -0.3 is 4.42 Å². The molecule has 8 heteroatoms. The van der Waals surface area contributed by atoms with Crippen LogP contribution in [0.3, 0.4) is 0 Å². The standard InChI is InChI=1S/C21H14FN3O3S/c1-3-25-20(26)15(11(2)16(10-23)21(25)27)8-14-9-17-19(29-14)24-18(28-17)12-4-6-13(22)7-5-12/h4-9H,3H2,1-2H3/b15-8-. The largest absolute Gasteiger partial charge is 0.435 e. The molecule has 6 nitrogen and oxygen atoms in total. The zero-order valence-corrected chi connectivity index (χ0v) is 16.3. The lowest BCUT2D eigenvalue weighted by Gasteiger charge is -2.26. The van der Waals surface area contributed by atoms with Gasteiger partial charge in [-0.25, -0.2) is 4.39 Å². The molecule has 0 spiro atoms. The molecule has 29 heavy (non-hydrogen) atoms. The molecule has 0 N–H and O–H groups in total. The summed E-state index contributed by atoms with van der Waals surface area (Å²) in [4.78, 5) is 31.8. The second-order valence-corrected chi connectivity index (χ2v) is 7.43. The van der Waals surface area contributed by atoms with Crippen LogP contribution in [0.4, 0.5) is 4.39 Å². The molecule has 0 radical (unpaired) electrons. The molecule has 3 heterocycles. The van der Waals surface area contributed by atoms with Gasteiger partial charge in [0.1, 0.15) is 17.5 Å². The fraction of sp³-hybridized carbons (Fsp3) is 0.143. The molecule has 2 aromatic heterocycles. The van der Waals surface area contributed by atoms with Crippen LogP contribution in [0.15, 0.2) is 51.5 Å². The molecular weight excluding hydrogens is 393 g/mol. The second kappa shape index (κ2) is 7.11. The van der Waals surface area contributed by atoms with Crippen molar-refractivity contribution in [3.05, 3.63) is 57.7 Å². The number of nitriles is 1. The number of aromatic nitrogens is 1. The normalized spacial score (nSPS) is 16.2. The number of thiophene rings is 1. The summed E-state index contributed by atoms with van der Waals surface area (Å²) in [5, 5.41) is 9.31. The Labute approximate surface area is 169 Å². The minimum absolute atomic E-state index is 0.0327. The lowest BCUT2D eigenvalue weighted by molar-refractivity contribution is -0.140. The van der Waals surface area contributed by atoms with Gasteiger partial charge in [0.25, 0.3) is 11.8 Å². The first-order valence-corrected chi connectivity index (χ1v) is 9.60. The van der Waals surface area contributed by atoms with E-state index < -0.39 is 11.8 Å². The Balaban J connectivity index is 1.74. The van der Waals surface area contributed by atoms with Crippen LogP contribution in [0.1, 0.15) is 18.7 Å². The molecule has 0 bridgehead atoms. The van der Waals surface area contributed by atoms with Crippen LogP contribution in [0.25, 0.3) is 27.9 Å². The highest BCUT2D eigenvalue weighted by atomic mass is 32.1. The van der Waals surface area contributed by atoms with Gasteiger partial charge in [-0.1, -0.05) is 0 Å². The summed E-state index contributed by atoms with van der Waals surface area (Å²) in [6.45, 7) is 3.46. The molecule has 1 aromatic carbocycles. The quantitative estimate of drug-likeness (QED) is 0.477. The van der Waals surface area contributed by atoms with E-state index >= 15 is 0 Å². The smallest absolute Gasteiger partial charge is 0.271 e. The maximum absolute atomic E-state index is 13.1. The number of hydrogen-bond acceptors (Lipinski definition) is 6. The zero-order chi connectivity index (χ0) is 20.7. The Kier molecular flexibility index (Phi) is 4.60. The maximum atomic E-state index is 13.1. The number of halogens is 1. The second-order valence-electron chi connectivity index (χ2n) is 6.37. The average molecular weight is 407 g/mol. The molecule has 1 aliphatic rings. The molecule has 0 saturated heterocycles. The SMILES string of the molecule is CCN1C(=O)C(C#N)=C(C)/C(=C/c2cc3oc(-c4ccc(F)cc4)nc3s2)C1=O. The van der Waals surface area contributed by atoms with E-state index in [1.807, 2.05) is 6.07 Å². The highest BCUT2D eigenvalue weighted by Gasteiger charge is 2.34. The maximum Gasteiger partial charge on any atom is 0.271 e. The minimum atomic E-state index is -0.569. The van der Waals surface area contributed by atoms with Gasteiger partial charge in [-0.15, -0.1) is 11.3 Å². The number of oxazole rings is 1. The molecule has 144 valence electrons. The van der Waals surface area contributed by atoms with Crippen molar-refractivity contribution in [3.8, 4) is 17.5 Å². The first kappa shape index (κ1) is 18.8. The summed E-state index contributed by atoms with van der Waals surface area (Å²) in [5.41, 5.74) is 1.82. The number of fused-ring (bicyclic) bond motifs is 1. The predicted molar refractivity (Wildman–Crippen MR) is 106 cm³/mol. The lowest BCUT2D eigenvalue weighted by atomic mass is 9.95. The molecule has 0 fully saturated rings. The van der Waals surface area contributed by atoms with Crippen LogP contribution >= 0.6 is 11.3 Å². The van der Waals surface area contributed by atoms with Crippen LogP contribution in [0.2, 0.25) is 0 Å². The van der Waals surface area contributed by atoms with E-state index in [0.29, 0.717) is 37.9 Å². The third-order valence-corrected chi connectivity index (χ3v) is 5.58. The average Bonchev–Trinajstić information content (AvgIpc) is 3.25. The molecule has 2 amide bonds. The van der Waals surface area contributed by atoms with Crippen molar-refractivity contribution in [3.63, 3.8) is 0 Å². The summed E-state index contributed by atoms with van der Waals surface area (Å²) in [5.74, 6) is -0.961. The molecule has 4 rings (SSSR count). The van der Waals surface area contributed by atoms with Gasteiger partial charge in [0.05, 0.1) is 0 Å². The van der Waals surface area contributed by atoms with E-state index in [0.717, 1.165) is 4.90 Å². The van der Waals surface area contributed by atoms with Gasteiger partial charge in [-0.2, -0.15) is 10.2 Å². The monoisotopic (exact) mass is 407 g/mol. The summed E-state index contributed by atoms with van der Waals surface area (Å²) in [6.07, 6.45) is 1.64. The first-order chi connectivity index (χ1) is 13.9. The fourth-order valence-corrected chi connectivity index (χ4v) is 3.99. The van der Waals surface area contributed by atoms with E-state index in [9.17, 15) is 19.2 Å². The van der Waals surface area contributed by atoms with Gasteiger partial charge >= 0.3 is 0 Å². The number of likely N-dealkylation sites (N-methyl/N-ethyl adjacent to an activating group) is 1. The number of carbonyl (C=O) groups excluding carboxylic acids is 2. The topological polar surface area (TPSA) is 87.2 Å². The summed E-state index contributed by atoms with van der Waals surface area (Å²) < 4.78 is 18.8. The Hall–Kier alpha value is -3.57. The van der Waals surface area contributed by atoms with E-state index in [1.165, 1.54) is 23.5 Å². The van der Waals surface area contributed by atoms with Crippen molar-refractivity contribution in [2.24, 2.45) is 0 Å². The van der Waals surface area contributed by atoms with Gasteiger partial charge in [0, 0.05) is 28.6 Å². The Morgan fingerprint density at radius 3 is 2.62 bits per heavy atom. The van der Waals surface area contributed by atoms with Gasteiger partial charge in [-0.3, -0.25) is 14.5 Å². The number of carbonyl (C=O) groups is 2. The molecule has 3 aromatic rings. The number of benzene rings is 1. The van der Waals surface area contributed by atoms with Crippen molar-refractivity contribution in [2.45, 2.75) is 13.8 Å². The minimum Gasteiger partial charge on any atom is -0.435 e. The Bertz CT molecular complexity index is 1230. The molecule has 0 atom stereocenters. The zero-order valence-electron chi connectivity index (χ0n) is 15.5. The Morgan fingerprint density at radius 1 is 1.28 bits per heavy atom. The third-order valence-electron chi connectivity index (χ3n) is 4.63. The lowest BCUT2D eigenvalue weighted by Crippen LogP contribution is -2.42. The van der Waals surface area contributed by atoms with Crippen LogP contribution < -0.4 is 0 Å². The molecule has 0 aliphatic carbocycles. The van der Waals surface area contributed by atoms with E-state index in [4.69, 9.17) is 4.42 Å². The number of imide groups is 1. The van der Waals surface area contributed by atoms with Crippen molar-refractivity contribution < 1.29 is 18.4 Å². The fourth-order valence-electron chi connectivity index (χ4n) is 3.10. The van der Waals surface area contributed by atoms with Crippen LogP contribution in [0, 0.1) is 17.1 Å². The first-order valence-electron chi connectivity index (χ1n) is 8.78. The summed E-state index contributed by atoms with van der Waals surface area (Å²) in [6, 6.07) is 9.48. The summed E-state index contributed by atoms with van der Waals surface area (Å²) in [7, 11) is 0. The van der Waals surface area contributed by atoms with Crippen LogP contribution in [0.5, 0.6) is 0 Å². The van der Waals surface area contributed by atoms with Gasteiger partial charge in [-0.05, 0) is 49.8 Å². The van der Waals surface area contributed by atoms with Crippen molar-refractivity contribution in [2.75, 3.05) is 6.54 Å². The molecule has 0 saturated carbocycles. The van der Waals surface area contributed by atoms with Gasteiger partial charge in [0.15, 0.2) is 10.4 Å². The van der Waals surface area contributed by atoms with E-state index in [1.54, 1.807) is 38.1 Å². The highest BCUT2D eigenvalue weighted by Crippen LogP contribution is 2.33. The van der Waals surface area contributed by atoms with Crippen molar-refractivity contribution in [1.82, 2.24) is 9.88 Å². The molecule has 1 aliphatic heterocycles. The van der Waals surface area contributed by atoms with Crippen LogP contribution in [-0.2, 0) is 9.59 Å². The van der Waals surface area contributed by atoms with Crippen molar-refractivity contribution in [1.29, 1.82) is 5.26 Å². The van der Waals surface area contributed by atoms with E-state index in [-0.39, 0.29) is 17.9 Å². The summed E-state index contributed by atoms with van der Waals surface area (Å²) >= 11 is 1.32. The van der Waals surface area contributed by atoms with Gasteiger partial charge in [0.2, 0.25) is 5.89 Å². The number of amides is 2. The van der Waals surface area contributed by atoms with Crippen LogP contribution in [-0.4, -0.2) is 28.2 Å². The number of rotatable bonds is 3. The molecular formula is C21H14FN3O3S. The highest BCUT2D eigenvalue weighted by molar-refractivity contribution is 7.19. The van der Waals surface area contributed by atoms with E-state index in [2.05, 4.69) is 4.98 Å². The van der Waals surface area contributed by atoms with Crippen molar-refractivity contribution >= 4 is 39.6 Å². The Morgan fingerprint density at radius 2 is 2.00 bits per heavy atom. The third kappa shape index (κ3) is 3.15.